The van der Waals surface area contributed by atoms with E-state index in [1.165, 1.54) is 22.3 Å². The maximum atomic E-state index is 6.20. The molecule has 0 aliphatic heterocycles. The lowest BCUT2D eigenvalue weighted by Gasteiger charge is -2.07. The highest BCUT2D eigenvalue weighted by Gasteiger charge is 2.16. The number of hydrogen-bond acceptors (Lipinski definition) is 0. The third-order valence-electron chi connectivity index (χ3n) is 3.25. The van der Waals surface area contributed by atoms with E-state index in [-0.39, 0.29) is 0 Å². The molecule has 0 saturated heterocycles. The van der Waals surface area contributed by atoms with Crippen LogP contribution in [0.4, 0.5) is 0 Å². The van der Waals surface area contributed by atoms with Gasteiger partial charge in [-0.2, -0.15) is 0 Å². The summed E-state index contributed by atoms with van der Waals surface area (Å²) in [7, 11) is 0. The van der Waals surface area contributed by atoms with Crippen molar-refractivity contribution in [2.24, 2.45) is 0 Å². The molecule has 84 valence electrons. The second-order valence-electron chi connectivity index (χ2n) is 4.36. The molecule has 0 saturated carbocycles. The van der Waals surface area contributed by atoms with Crippen molar-refractivity contribution in [2.75, 3.05) is 0 Å². The van der Waals surface area contributed by atoms with Gasteiger partial charge in [-0.1, -0.05) is 60.1 Å². The van der Waals surface area contributed by atoms with Gasteiger partial charge in [0.2, 0.25) is 0 Å². The molecule has 0 nitrogen and oxygen atoms in total. The van der Waals surface area contributed by atoms with Gasteiger partial charge in [0.15, 0.2) is 0 Å². The summed E-state index contributed by atoms with van der Waals surface area (Å²) in [5.41, 5.74) is 5.35. The van der Waals surface area contributed by atoms with E-state index in [9.17, 15) is 0 Å². The largest absolute Gasteiger partial charge is 0.0840 e. The first-order chi connectivity index (χ1) is 8.34. The molecule has 0 fully saturated rings. The maximum absolute atomic E-state index is 6.20. The van der Waals surface area contributed by atoms with Crippen LogP contribution in [0.15, 0.2) is 54.6 Å². The second kappa shape index (κ2) is 4.38. The molecule has 0 amide bonds. The summed E-state index contributed by atoms with van der Waals surface area (Å²) in [4.78, 5) is 0. The molecule has 0 atom stereocenters. The van der Waals surface area contributed by atoms with Crippen LogP contribution in [0.1, 0.15) is 16.7 Å². The third kappa shape index (κ3) is 2.01. The fraction of sp³-hybridized carbons (Fsp3) is 0.125. The normalized spacial score (nSPS) is 13.4. The monoisotopic (exact) mass is 240 g/mol. The minimum absolute atomic E-state index is 0.891. The molecule has 1 aliphatic carbocycles. The Morgan fingerprint density at radius 1 is 0.941 bits per heavy atom. The Morgan fingerprint density at radius 3 is 2.59 bits per heavy atom. The highest BCUT2D eigenvalue weighted by molar-refractivity contribution is 6.31. The fourth-order valence-electron chi connectivity index (χ4n) is 2.39. The van der Waals surface area contributed by atoms with Crippen molar-refractivity contribution in [1.82, 2.24) is 0 Å². The predicted octanol–water partition coefficient (Wildman–Crippen LogP) is 4.52. The highest BCUT2D eigenvalue weighted by Crippen LogP contribution is 2.34. The number of hydrogen-bond donors (Lipinski definition) is 0. The molecule has 0 spiro atoms. The quantitative estimate of drug-likeness (QED) is 0.724. The van der Waals surface area contributed by atoms with Gasteiger partial charge in [-0.3, -0.25) is 0 Å². The average Bonchev–Trinajstić information content (AvgIpc) is 2.76. The van der Waals surface area contributed by atoms with Gasteiger partial charge >= 0.3 is 0 Å². The number of benzene rings is 2. The lowest BCUT2D eigenvalue weighted by molar-refractivity contribution is 1.29. The molecule has 0 unspecified atom stereocenters. The average molecular weight is 241 g/mol. The van der Waals surface area contributed by atoms with Gasteiger partial charge in [0.25, 0.3) is 0 Å². The predicted molar refractivity (Wildman–Crippen MR) is 73.3 cm³/mol. The Balaban J connectivity index is 1.92. The standard InChI is InChI=1S/C16H13Cl/c17-16-8-4-7-14-13(9-10-15(14)16)11-12-5-2-1-3-6-12/h1-9H,10-11H2. The van der Waals surface area contributed by atoms with Crippen LogP contribution in [0.3, 0.4) is 0 Å². The van der Waals surface area contributed by atoms with Gasteiger partial charge in [-0.15, -0.1) is 0 Å². The topological polar surface area (TPSA) is 0 Å². The van der Waals surface area contributed by atoms with Crippen molar-refractivity contribution in [3.8, 4) is 0 Å². The van der Waals surface area contributed by atoms with E-state index in [0.29, 0.717) is 0 Å². The van der Waals surface area contributed by atoms with Crippen molar-refractivity contribution in [3.63, 3.8) is 0 Å². The zero-order chi connectivity index (χ0) is 11.7. The summed E-state index contributed by atoms with van der Waals surface area (Å²) < 4.78 is 0. The van der Waals surface area contributed by atoms with Crippen LogP contribution in [0, 0.1) is 0 Å². The molecule has 0 radical (unpaired) electrons. The maximum Gasteiger partial charge on any atom is 0.0447 e. The van der Waals surface area contributed by atoms with Crippen LogP contribution in [0.25, 0.3) is 5.57 Å². The van der Waals surface area contributed by atoms with Crippen LogP contribution >= 0.6 is 11.6 Å². The van der Waals surface area contributed by atoms with Crippen molar-refractivity contribution < 1.29 is 0 Å². The molecule has 1 aliphatic rings. The molecule has 3 rings (SSSR count). The first kappa shape index (κ1) is 10.6. The fourth-order valence-corrected chi connectivity index (χ4v) is 2.64. The first-order valence-corrected chi connectivity index (χ1v) is 6.23. The van der Waals surface area contributed by atoms with Crippen molar-refractivity contribution in [2.45, 2.75) is 12.8 Å². The molecule has 2 aromatic rings. The van der Waals surface area contributed by atoms with E-state index in [0.717, 1.165) is 17.9 Å². The summed E-state index contributed by atoms with van der Waals surface area (Å²) >= 11 is 6.20. The van der Waals surface area contributed by atoms with Crippen molar-refractivity contribution in [3.05, 3.63) is 76.3 Å². The van der Waals surface area contributed by atoms with Gasteiger partial charge in [0.05, 0.1) is 0 Å². The second-order valence-corrected chi connectivity index (χ2v) is 4.77. The molecular formula is C16H13Cl. The summed E-state index contributed by atoms with van der Waals surface area (Å²) in [6, 6.07) is 16.7. The van der Waals surface area contributed by atoms with E-state index in [1.807, 2.05) is 12.1 Å². The number of halogens is 1. The minimum Gasteiger partial charge on any atom is -0.0840 e. The number of allylic oxidation sites excluding steroid dienone is 2. The van der Waals surface area contributed by atoms with Crippen molar-refractivity contribution >= 4 is 17.2 Å². The SMILES string of the molecule is Clc1cccc2c1CC=C2Cc1ccccc1. The van der Waals surface area contributed by atoms with Crippen LogP contribution in [0.5, 0.6) is 0 Å². The van der Waals surface area contributed by atoms with E-state index < -0.39 is 0 Å². The lowest BCUT2D eigenvalue weighted by Crippen LogP contribution is -1.89. The van der Waals surface area contributed by atoms with E-state index >= 15 is 0 Å². The first-order valence-electron chi connectivity index (χ1n) is 5.85. The molecule has 0 aromatic heterocycles. The Morgan fingerprint density at radius 2 is 1.76 bits per heavy atom. The molecule has 17 heavy (non-hydrogen) atoms. The molecule has 0 heterocycles. The zero-order valence-electron chi connectivity index (χ0n) is 9.49. The van der Waals surface area contributed by atoms with Gasteiger partial charge in [-0.25, -0.2) is 0 Å². The smallest absolute Gasteiger partial charge is 0.0447 e. The van der Waals surface area contributed by atoms with Gasteiger partial charge in [0, 0.05) is 5.02 Å². The molecule has 1 heteroatoms. The zero-order valence-corrected chi connectivity index (χ0v) is 10.2. The Hall–Kier alpha value is -1.53. The highest BCUT2D eigenvalue weighted by atomic mass is 35.5. The van der Waals surface area contributed by atoms with Gasteiger partial charge < -0.3 is 0 Å². The van der Waals surface area contributed by atoms with E-state index in [2.05, 4.69) is 42.5 Å². The van der Waals surface area contributed by atoms with Crippen LogP contribution in [0.2, 0.25) is 5.02 Å². The summed E-state index contributed by atoms with van der Waals surface area (Å²) in [6.07, 6.45) is 4.26. The van der Waals surface area contributed by atoms with Crippen LogP contribution < -0.4 is 0 Å². The third-order valence-corrected chi connectivity index (χ3v) is 3.61. The summed E-state index contributed by atoms with van der Waals surface area (Å²) in [5.74, 6) is 0. The van der Waals surface area contributed by atoms with Gasteiger partial charge in [-0.05, 0) is 41.2 Å². The van der Waals surface area contributed by atoms with Crippen molar-refractivity contribution in [1.29, 1.82) is 0 Å². The Labute approximate surface area is 107 Å². The number of rotatable bonds is 2. The van der Waals surface area contributed by atoms with Gasteiger partial charge in [0.1, 0.15) is 0 Å². The Kier molecular flexibility index (Phi) is 2.74. The number of fused-ring (bicyclic) bond motifs is 1. The van der Waals surface area contributed by atoms with Crippen LogP contribution in [-0.4, -0.2) is 0 Å². The summed E-state index contributed by atoms with van der Waals surface area (Å²) in [5, 5.41) is 0.891. The lowest BCUT2D eigenvalue weighted by atomic mass is 9.99. The summed E-state index contributed by atoms with van der Waals surface area (Å²) in [6.45, 7) is 0. The van der Waals surface area contributed by atoms with Crippen LogP contribution in [-0.2, 0) is 12.8 Å². The van der Waals surface area contributed by atoms with E-state index in [1.54, 1.807) is 0 Å². The van der Waals surface area contributed by atoms with E-state index in [4.69, 9.17) is 11.6 Å². The molecule has 0 bridgehead atoms. The Bertz CT molecular complexity index is 567. The molecule has 0 N–H and O–H groups in total. The molecular weight excluding hydrogens is 228 g/mol. The molecule has 2 aromatic carbocycles. The minimum atomic E-state index is 0.891.